The van der Waals surface area contributed by atoms with Crippen molar-refractivity contribution in [2.24, 2.45) is 0 Å². The average Bonchev–Trinajstić information content (AvgIpc) is 2.85. The standard InChI is InChI=1S/C19H16N2/c1-13-18(11-6-12-20-13)21-19-16-9-4-2-7-14(16)15-8-3-5-10-17(15)19/h2-12,19,21H,1H3. The van der Waals surface area contributed by atoms with Crippen molar-refractivity contribution in [2.75, 3.05) is 5.32 Å². The topological polar surface area (TPSA) is 24.9 Å². The number of pyridine rings is 1. The van der Waals surface area contributed by atoms with Crippen molar-refractivity contribution >= 4 is 5.69 Å². The highest BCUT2D eigenvalue weighted by Crippen LogP contribution is 2.44. The van der Waals surface area contributed by atoms with Gasteiger partial charge in [-0.05, 0) is 41.3 Å². The summed E-state index contributed by atoms with van der Waals surface area (Å²) in [4.78, 5) is 4.37. The largest absolute Gasteiger partial charge is 0.373 e. The van der Waals surface area contributed by atoms with Crippen LogP contribution in [0, 0.1) is 6.92 Å². The number of nitrogens with zero attached hydrogens (tertiary/aromatic N) is 1. The predicted molar refractivity (Wildman–Crippen MR) is 86.3 cm³/mol. The normalized spacial score (nSPS) is 12.8. The first-order chi connectivity index (χ1) is 10.3. The van der Waals surface area contributed by atoms with Gasteiger partial charge in [-0.2, -0.15) is 0 Å². The monoisotopic (exact) mass is 272 g/mol. The van der Waals surface area contributed by atoms with Crippen molar-refractivity contribution in [3.8, 4) is 11.1 Å². The first-order valence-electron chi connectivity index (χ1n) is 7.21. The lowest BCUT2D eigenvalue weighted by Gasteiger charge is -2.18. The molecule has 0 spiro atoms. The lowest BCUT2D eigenvalue weighted by Crippen LogP contribution is -2.10. The molecule has 0 fully saturated rings. The molecule has 1 N–H and O–H groups in total. The maximum Gasteiger partial charge on any atom is 0.0780 e. The van der Waals surface area contributed by atoms with Crippen LogP contribution in [0.25, 0.3) is 11.1 Å². The Morgan fingerprint density at radius 3 is 2.05 bits per heavy atom. The molecule has 0 aliphatic heterocycles. The third-order valence-electron chi connectivity index (χ3n) is 4.14. The first kappa shape index (κ1) is 12.2. The third-order valence-corrected chi connectivity index (χ3v) is 4.14. The molecule has 2 heteroatoms. The Morgan fingerprint density at radius 2 is 1.43 bits per heavy atom. The molecule has 3 aromatic rings. The second kappa shape index (κ2) is 4.74. The van der Waals surface area contributed by atoms with Crippen molar-refractivity contribution in [1.82, 2.24) is 4.98 Å². The summed E-state index contributed by atoms with van der Waals surface area (Å²) >= 11 is 0. The summed E-state index contributed by atoms with van der Waals surface area (Å²) in [6, 6.07) is 21.5. The van der Waals surface area contributed by atoms with Crippen LogP contribution in [0.2, 0.25) is 0 Å². The number of rotatable bonds is 2. The highest BCUT2D eigenvalue weighted by atomic mass is 14.9. The summed E-state index contributed by atoms with van der Waals surface area (Å²) in [5.74, 6) is 0. The summed E-state index contributed by atoms with van der Waals surface area (Å²) < 4.78 is 0. The molecule has 21 heavy (non-hydrogen) atoms. The van der Waals surface area contributed by atoms with E-state index in [-0.39, 0.29) is 6.04 Å². The van der Waals surface area contributed by atoms with Gasteiger partial charge in [0.1, 0.15) is 0 Å². The molecular weight excluding hydrogens is 256 g/mol. The van der Waals surface area contributed by atoms with Gasteiger partial charge in [-0.3, -0.25) is 4.98 Å². The van der Waals surface area contributed by atoms with E-state index in [1.807, 2.05) is 19.2 Å². The molecule has 0 saturated carbocycles. The molecule has 1 aromatic heterocycles. The molecule has 2 nitrogen and oxygen atoms in total. The SMILES string of the molecule is Cc1ncccc1NC1c2ccccc2-c2ccccc21. The minimum absolute atomic E-state index is 0.195. The molecule has 1 aliphatic carbocycles. The maximum absolute atomic E-state index is 4.37. The summed E-state index contributed by atoms with van der Waals surface area (Å²) in [5.41, 5.74) is 7.44. The van der Waals surface area contributed by atoms with Crippen molar-refractivity contribution in [3.05, 3.63) is 83.7 Å². The van der Waals surface area contributed by atoms with Crippen LogP contribution in [0.15, 0.2) is 66.9 Å². The van der Waals surface area contributed by atoms with E-state index in [9.17, 15) is 0 Å². The quantitative estimate of drug-likeness (QED) is 0.739. The van der Waals surface area contributed by atoms with Crippen LogP contribution >= 0.6 is 0 Å². The molecule has 2 aromatic carbocycles. The van der Waals surface area contributed by atoms with Crippen LogP contribution in [0.4, 0.5) is 5.69 Å². The minimum atomic E-state index is 0.195. The van der Waals surface area contributed by atoms with Crippen molar-refractivity contribution in [1.29, 1.82) is 0 Å². The third kappa shape index (κ3) is 1.91. The van der Waals surface area contributed by atoms with E-state index in [1.54, 1.807) is 0 Å². The summed E-state index contributed by atoms with van der Waals surface area (Å²) in [6.07, 6.45) is 1.83. The molecule has 1 aliphatic rings. The van der Waals surface area contributed by atoms with Crippen LogP contribution in [0.1, 0.15) is 22.9 Å². The van der Waals surface area contributed by atoms with E-state index < -0.39 is 0 Å². The van der Waals surface area contributed by atoms with E-state index in [2.05, 4.69) is 64.9 Å². The number of hydrogen-bond donors (Lipinski definition) is 1. The molecule has 0 atom stereocenters. The van der Waals surface area contributed by atoms with Gasteiger partial charge in [0.2, 0.25) is 0 Å². The highest BCUT2D eigenvalue weighted by molar-refractivity contribution is 5.80. The van der Waals surface area contributed by atoms with Gasteiger partial charge in [0.25, 0.3) is 0 Å². The van der Waals surface area contributed by atoms with E-state index >= 15 is 0 Å². The molecule has 0 amide bonds. The molecule has 0 bridgehead atoms. The van der Waals surface area contributed by atoms with E-state index in [4.69, 9.17) is 0 Å². The van der Waals surface area contributed by atoms with Crippen LogP contribution in [0.3, 0.4) is 0 Å². The van der Waals surface area contributed by atoms with Gasteiger partial charge in [-0.1, -0.05) is 48.5 Å². The van der Waals surface area contributed by atoms with Gasteiger partial charge in [-0.15, -0.1) is 0 Å². The number of hydrogen-bond acceptors (Lipinski definition) is 2. The molecule has 0 unspecified atom stereocenters. The predicted octanol–water partition coefficient (Wildman–Crippen LogP) is 4.57. The molecule has 0 saturated heterocycles. The van der Waals surface area contributed by atoms with Gasteiger partial charge >= 0.3 is 0 Å². The fourth-order valence-electron chi connectivity index (χ4n) is 3.10. The summed E-state index contributed by atoms with van der Waals surface area (Å²) in [5, 5.41) is 3.66. The summed E-state index contributed by atoms with van der Waals surface area (Å²) in [7, 11) is 0. The number of aryl methyl sites for hydroxylation is 1. The van der Waals surface area contributed by atoms with Crippen LogP contribution in [-0.2, 0) is 0 Å². The molecule has 0 radical (unpaired) electrons. The number of anilines is 1. The zero-order chi connectivity index (χ0) is 14.2. The Hall–Kier alpha value is -2.61. The minimum Gasteiger partial charge on any atom is -0.373 e. The summed E-state index contributed by atoms with van der Waals surface area (Å²) in [6.45, 7) is 2.04. The van der Waals surface area contributed by atoms with E-state index in [0.717, 1.165) is 11.4 Å². The van der Waals surface area contributed by atoms with Gasteiger partial charge in [0.05, 0.1) is 17.4 Å². The molecular formula is C19H16N2. The number of aromatic nitrogens is 1. The van der Waals surface area contributed by atoms with E-state index in [0.29, 0.717) is 0 Å². The lowest BCUT2D eigenvalue weighted by atomic mass is 10.0. The van der Waals surface area contributed by atoms with Crippen LogP contribution in [-0.4, -0.2) is 4.98 Å². The van der Waals surface area contributed by atoms with Crippen molar-refractivity contribution < 1.29 is 0 Å². The fourth-order valence-corrected chi connectivity index (χ4v) is 3.10. The zero-order valence-corrected chi connectivity index (χ0v) is 11.9. The Morgan fingerprint density at radius 1 is 0.810 bits per heavy atom. The smallest absolute Gasteiger partial charge is 0.0780 e. The van der Waals surface area contributed by atoms with Crippen LogP contribution in [0.5, 0.6) is 0 Å². The van der Waals surface area contributed by atoms with E-state index in [1.165, 1.54) is 22.3 Å². The molecule has 1 heterocycles. The van der Waals surface area contributed by atoms with Gasteiger partial charge in [0.15, 0.2) is 0 Å². The maximum atomic E-state index is 4.37. The van der Waals surface area contributed by atoms with Crippen molar-refractivity contribution in [3.63, 3.8) is 0 Å². The zero-order valence-electron chi connectivity index (χ0n) is 11.9. The Labute approximate surface area is 124 Å². The second-order valence-electron chi connectivity index (χ2n) is 5.39. The Bertz CT molecular complexity index is 762. The van der Waals surface area contributed by atoms with Gasteiger partial charge < -0.3 is 5.32 Å². The van der Waals surface area contributed by atoms with Crippen molar-refractivity contribution in [2.45, 2.75) is 13.0 Å². The molecule has 4 rings (SSSR count). The second-order valence-corrected chi connectivity index (χ2v) is 5.39. The number of nitrogens with one attached hydrogen (secondary N) is 1. The van der Waals surface area contributed by atoms with Gasteiger partial charge in [-0.25, -0.2) is 0 Å². The van der Waals surface area contributed by atoms with Crippen LogP contribution < -0.4 is 5.32 Å². The first-order valence-corrected chi connectivity index (χ1v) is 7.21. The fraction of sp³-hybridized carbons (Fsp3) is 0.105. The van der Waals surface area contributed by atoms with Gasteiger partial charge in [0, 0.05) is 6.20 Å². The molecule has 102 valence electrons. The lowest BCUT2D eigenvalue weighted by molar-refractivity contribution is 0.963. The Balaban J connectivity index is 1.84. The Kier molecular flexibility index (Phi) is 2.74. The average molecular weight is 272 g/mol. The number of benzene rings is 2. The highest BCUT2D eigenvalue weighted by Gasteiger charge is 2.27. The number of fused-ring (bicyclic) bond motifs is 3.